The number of carbonyl (C=O) groups excluding carboxylic acids is 2. The van der Waals surface area contributed by atoms with Gasteiger partial charge in [-0.1, -0.05) is 18.2 Å². The van der Waals surface area contributed by atoms with Crippen LogP contribution in [0.5, 0.6) is 0 Å². The molecule has 3 aromatic rings. The summed E-state index contributed by atoms with van der Waals surface area (Å²) in [4.78, 5) is 30.9. The summed E-state index contributed by atoms with van der Waals surface area (Å²) in [6, 6.07) is 13.8. The number of fused-ring (bicyclic) bond motifs is 1. The first kappa shape index (κ1) is 20.8. The zero-order chi connectivity index (χ0) is 21.9. The monoisotopic (exact) mass is 448 g/mol. The van der Waals surface area contributed by atoms with Gasteiger partial charge in [0.25, 0.3) is 0 Å². The maximum Gasteiger partial charge on any atom is 0.238 e. The van der Waals surface area contributed by atoms with Gasteiger partial charge in [0.2, 0.25) is 11.8 Å². The number of benzene rings is 2. The van der Waals surface area contributed by atoms with Gasteiger partial charge in [-0.3, -0.25) is 14.5 Å². The second-order valence-electron chi connectivity index (χ2n) is 7.98. The number of amides is 2. The Balaban J connectivity index is 1.29. The molecule has 2 aliphatic heterocycles. The molecule has 5 rings (SSSR count). The van der Waals surface area contributed by atoms with E-state index in [0.29, 0.717) is 26.2 Å². The normalized spacial score (nSPS) is 16.3. The fourth-order valence-corrected chi connectivity index (χ4v) is 4.80. The van der Waals surface area contributed by atoms with Crippen molar-refractivity contribution in [1.82, 2.24) is 9.88 Å². The minimum Gasteiger partial charge on any atom is -0.379 e. The molecule has 0 saturated carbocycles. The fraction of sp³-hybridized carbons (Fsp3) is 0.292. The summed E-state index contributed by atoms with van der Waals surface area (Å²) in [5.74, 6) is 0.0446. The Morgan fingerprint density at radius 1 is 1.12 bits per heavy atom. The van der Waals surface area contributed by atoms with Crippen LogP contribution in [-0.4, -0.2) is 54.5 Å². The highest BCUT2D eigenvalue weighted by molar-refractivity contribution is 7.13. The van der Waals surface area contributed by atoms with Crippen LogP contribution in [0.3, 0.4) is 0 Å². The van der Waals surface area contributed by atoms with Crippen molar-refractivity contribution in [3.05, 3.63) is 53.4 Å². The number of carbonyl (C=O) groups is 2. The van der Waals surface area contributed by atoms with Gasteiger partial charge in [-0.2, -0.15) is 0 Å². The van der Waals surface area contributed by atoms with Gasteiger partial charge in [0.15, 0.2) is 0 Å². The van der Waals surface area contributed by atoms with Crippen molar-refractivity contribution in [2.45, 2.75) is 12.8 Å². The molecule has 8 heteroatoms. The Morgan fingerprint density at radius 2 is 2.00 bits per heavy atom. The first-order valence-corrected chi connectivity index (χ1v) is 11.6. The van der Waals surface area contributed by atoms with E-state index in [0.717, 1.165) is 58.3 Å². The number of thiazole rings is 1. The number of nitrogens with one attached hydrogen (secondary N) is 2. The van der Waals surface area contributed by atoms with Crippen LogP contribution in [0.4, 0.5) is 11.4 Å². The van der Waals surface area contributed by atoms with E-state index in [1.165, 1.54) is 0 Å². The van der Waals surface area contributed by atoms with Crippen molar-refractivity contribution in [2.24, 2.45) is 0 Å². The molecule has 164 valence electrons. The van der Waals surface area contributed by atoms with E-state index in [-0.39, 0.29) is 11.8 Å². The molecule has 7 nitrogen and oxygen atoms in total. The molecule has 2 amide bonds. The second-order valence-corrected chi connectivity index (χ2v) is 8.83. The fourth-order valence-electron chi connectivity index (χ4n) is 3.97. The molecule has 2 aliphatic rings. The summed E-state index contributed by atoms with van der Waals surface area (Å²) in [7, 11) is 0. The number of aromatic nitrogens is 1. The number of ether oxygens (including phenoxy) is 1. The highest BCUT2D eigenvalue weighted by atomic mass is 32.1. The summed E-state index contributed by atoms with van der Waals surface area (Å²) in [5.41, 5.74) is 5.71. The Hall–Kier alpha value is -3.07. The van der Waals surface area contributed by atoms with Crippen LogP contribution >= 0.6 is 11.3 Å². The zero-order valence-electron chi connectivity index (χ0n) is 17.6. The molecule has 1 saturated heterocycles. The molecule has 0 aliphatic carbocycles. The molecule has 0 spiro atoms. The van der Waals surface area contributed by atoms with Crippen LogP contribution in [-0.2, 0) is 20.7 Å². The Bertz CT molecular complexity index is 1150. The molecular weight excluding hydrogens is 424 g/mol. The smallest absolute Gasteiger partial charge is 0.238 e. The number of hydrogen-bond acceptors (Lipinski definition) is 6. The average Bonchev–Trinajstić information content (AvgIpc) is 3.30. The molecule has 0 unspecified atom stereocenters. The van der Waals surface area contributed by atoms with E-state index in [4.69, 9.17) is 9.72 Å². The van der Waals surface area contributed by atoms with E-state index < -0.39 is 0 Å². The van der Waals surface area contributed by atoms with Crippen molar-refractivity contribution in [1.29, 1.82) is 0 Å². The van der Waals surface area contributed by atoms with Crippen LogP contribution < -0.4 is 10.6 Å². The van der Waals surface area contributed by atoms with Crippen LogP contribution in [0, 0.1) is 0 Å². The van der Waals surface area contributed by atoms with E-state index in [1.807, 2.05) is 41.8 Å². The molecule has 3 heterocycles. The summed E-state index contributed by atoms with van der Waals surface area (Å²) in [6.07, 6.45) is 1.26. The zero-order valence-corrected chi connectivity index (χ0v) is 18.4. The Morgan fingerprint density at radius 3 is 2.88 bits per heavy atom. The van der Waals surface area contributed by atoms with Crippen LogP contribution in [0.2, 0.25) is 0 Å². The third-order valence-corrected chi connectivity index (χ3v) is 6.56. The van der Waals surface area contributed by atoms with Gasteiger partial charge in [-0.25, -0.2) is 4.98 Å². The predicted molar refractivity (Wildman–Crippen MR) is 126 cm³/mol. The molecule has 32 heavy (non-hydrogen) atoms. The first-order chi connectivity index (χ1) is 15.6. The molecule has 2 N–H and O–H groups in total. The third-order valence-electron chi connectivity index (χ3n) is 5.66. The second kappa shape index (κ2) is 9.20. The third kappa shape index (κ3) is 4.72. The number of nitrogens with zero attached hydrogens (tertiary/aromatic N) is 2. The highest BCUT2D eigenvalue weighted by Crippen LogP contribution is 2.33. The van der Waals surface area contributed by atoms with Gasteiger partial charge >= 0.3 is 0 Å². The van der Waals surface area contributed by atoms with E-state index in [2.05, 4.69) is 21.6 Å². The van der Waals surface area contributed by atoms with E-state index in [9.17, 15) is 9.59 Å². The largest absolute Gasteiger partial charge is 0.379 e. The van der Waals surface area contributed by atoms with Gasteiger partial charge < -0.3 is 15.4 Å². The molecule has 0 atom stereocenters. The number of rotatable bonds is 5. The topological polar surface area (TPSA) is 83.6 Å². The van der Waals surface area contributed by atoms with Crippen molar-refractivity contribution in [3.63, 3.8) is 0 Å². The van der Waals surface area contributed by atoms with Gasteiger partial charge in [-0.15, -0.1) is 11.3 Å². The molecule has 1 fully saturated rings. The molecule has 1 aromatic heterocycles. The molecule has 2 aromatic carbocycles. The van der Waals surface area contributed by atoms with Gasteiger partial charge in [0, 0.05) is 47.4 Å². The lowest BCUT2D eigenvalue weighted by Gasteiger charge is -2.25. The Labute approximate surface area is 190 Å². The van der Waals surface area contributed by atoms with Gasteiger partial charge in [-0.05, 0) is 36.2 Å². The van der Waals surface area contributed by atoms with Crippen LogP contribution in [0.25, 0.3) is 21.8 Å². The SMILES string of the molecule is O=C(CN1CCOCC1)Nc1cccc(-c2nc(-c3ccc4c(c3)CCC(=O)N4)cs2)c1. The number of hydrogen-bond donors (Lipinski definition) is 2. The number of morpholine rings is 1. The molecular formula is C24H24N4O3S. The van der Waals surface area contributed by atoms with E-state index in [1.54, 1.807) is 11.3 Å². The number of anilines is 2. The molecule has 0 radical (unpaired) electrons. The maximum atomic E-state index is 12.4. The number of aryl methyl sites for hydroxylation is 1. The minimum atomic E-state index is -0.0231. The van der Waals surface area contributed by atoms with Crippen LogP contribution in [0.1, 0.15) is 12.0 Å². The maximum absolute atomic E-state index is 12.4. The Kier molecular flexibility index (Phi) is 5.98. The van der Waals surface area contributed by atoms with Crippen molar-refractivity contribution in [3.8, 4) is 21.8 Å². The average molecular weight is 449 g/mol. The van der Waals surface area contributed by atoms with Gasteiger partial charge in [0.05, 0.1) is 25.5 Å². The summed E-state index contributed by atoms with van der Waals surface area (Å²) < 4.78 is 5.33. The summed E-state index contributed by atoms with van der Waals surface area (Å²) in [6.45, 7) is 3.28. The standard InChI is InChI=1S/C24H24N4O3S/c29-22-7-5-16-12-17(4-6-20(16)26-22)21-15-32-24(27-21)18-2-1-3-19(13-18)25-23(30)14-28-8-10-31-11-9-28/h1-4,6,12-13,15H,5,7-11,14H2,(H,25,30)(H,26,29). The lowest BCUT2D eigenvalue weighted by atomic mass is 9.99. The summed E-state index contributed by atoms with van der Waals surface area (Å²) >= 11 is 1.58. The summed E-state index contributed by atoms with van der Waals surface area (Å²) in [5, 5.41) is 8.86. The highest BCUT2D eigenvalue weighted by Gasteiger charge is 2.17. The van der Waals surface area contributed by atoms with Crippen molar-refractivity contribution < 1.29 is 14.3 Å². The molecule has 0 bridgehead atoms. The predicted octanol–water partition coefficient (Wildman–Crippen LogP) is 3.63. The first-order valence-electron chi connectivity index (χ1n) is 10.7. The lowest BCUT2D eigenvalue weighted by Crippen LogP contribution is -2.41. The van der Waals surface area contributed by atoms with Crippen molar-refractivity contribution in [2.75, 3.05) is 43.5 Å². The minimum absolute atomic E-state index is 0.0231. The van der Waals surface area contributed by atoms with Crippen molar-refractivity contribution >= 4 is 34.5 Å². The van der Waals surface area contributed by atoms with E-state index >= 15 is 0 Å². The lowest BCUT2D eigenvalue weighted by molar-refractivity contribution is -0.118. The van der Waals surface area contributed by atoms with Crippen LogP contribution in [0.15, 0.2) is 47.8 Å². The quantitative estimate of drug-likeness (QED) is 0.623. The van der Waals surface area contributed by atoms with Gasteiger partial charge in [0.1, 0.15) is 5.01 Å².